The van der Waals surface area contributed by atoms with Crippen molar-refractivity contribution in [1.29, 1.82) is 0 Å². The highest BCUT2D eigenvalue weighted by Crippen LogP contribution is 2.24. The Balaban J connectivity index is 2.24. The summed E-state index contributed by atoms with van der Waals surface area (Å²) < 4.78 is 1.92. The van der Waals surface area contributed by atoms with Gasteiger partial charge in [0, 0.05) is 19.0 Å². The smallest absolute Gasteiger partial charge is 0.124 e. The number of hydrogen-bond donors (Lipinski definition) is 2. The van der Waals surface area contributed by atoms with Gasteiger partial charge in [-0.15, -0.1) is 11.8 Å². The summed E-state index contributed by atoms with van der Waals surface area (Å²) in [6.07, 6.45) is 2.74. The molecule has 16 heavy (non-hydrogen) atoms. The minimum atomic E-state index is -0.717. The summed E-state index contributed by atoms with van der Waals surface area (Å²) in [4.78, 5) is 8.48. The standard InChI is InChI=1S/C10H13N3O2S/c1-13-6-12-9-8(13)2-3-11-10(9)16-5-7(15)4-14/h2-3,6-7,14-15H,4-5H2,1H3. The summed E-state index contributed by atoms with van der Waals surface area (Å²) in [5.74, 6) is 0.416. The molecule has 2 heterocycles. The molecule has 0 spiro atoms. The Morgan fingerprint density at radius 1 is 1.50 bits per heavy atom. The summed E-state index contributed by atoms with van der Waals surface area (Å²) in [6.45, 7) is -0.231. The minimum absolute atomic E-state index is 0.231. The van der Waals surface area contributed by atoms with E-state index in [-0.39, 0.29) is 6.61 Å². The third-order valence-electron chi connectivity index (χ3n) is 2.23. The van der Waals surface area contributed by atoms with Crippen molar-refractivity contribution in [3.8, 4) is 0 Å². The summed E-state index contributed by atoms with van der Waals surface area (Å²) >= 11 is 1.40. The van der Waals surface area contributed by atoms with Crippen molar-refractivity contribution in [3.63, 3.8) is 0 Å². The molecule has 0 saturated heterocycles. The van der Waals surface area contributed by atoms with Gasteiger partial charge in [0.15, 0.2) is 0 Å². The second-order valence-corrected chi connectivity index (χ2v) is 4.50. The van der Waals surface area contributed by atoms with Gasteiger partial charge in [-0.3, -0.25) is 0 Å². The van der Waals surface area contributed by atoms with Crippen LogP contribution in [0.25, 0.3) is 11.0 Å². The number of fused-ring (bicyclic) bond motifs is 1. The van der Waals surface area contributed by atoms with Gasteiger partial charge < -0.3 is 14.8 Å². The molecule has 1 atom stereocenters. The summed E-state index contributed by atoms with van der Waals surface area (Å²) in [6, 6.07) is 1.90. The molecule has 6 heteroatoms. The Labute approximate surface area is 97.1 Å². The minimum Gasteiger partial charge on any atom is -0.394 e. The predicted molar refractivity (Wildman–Crippen MR) is 62.3 cm³/mol. The third kappa shape index (κ3) is 2.18. The maximum absolute atomic E-state index is 9.27. The quantitative estimate of drug-likeness (QED) is 0.756. The van der Waals surface area contributed by atoms with Crippen molar-refractivity contribution >= 4 is 22.8 Å². The number of nitrogens with zero attached hydrogens (tertiary/aromatic N) is 3. The van der Waals surface area contributed by atoms with E-state index in [1.54, 1.807) is 12.5 Å². The lowest BCUT2D eigenvalue weighted by Gasteiger charge is -2.06. The number of aliphatic hydroxyl groups excluding tert-OH is 2. The van der Waals surface area contributed by atoms with Crippen molar-refractivity contribution in [2.75, 3.05) is 12.4 Å². The second-order valence-electron chi connectivity index (χ2n) is 3.49. The van der Waals surface area contributed by atoms with Gasteiger partial charge in [0.1, 0.15) is 10.5 Å². The van der Waals surface area contributed by atoms with E-state index in [1.165, 1.54) is 11.8 Å². The van der Waals surface area contributed by atoms with Crippen molar-refractivity contribution < 1.29 is 10.2 Å². The zero-order chi connectivity index (χ0) is 11.5. The third-order valence-corrected chi connectivity index (χ3v) is 3.36. The van der Waals surface area contributed by atoms with Gasteiger partial charge in [-0.1, -0.05) is 0 Å². The van der Waals surface area contributed by atoms with E-state index in [9.17, 15) is 5.11 Å². The van der Waals surface area contributed by atoms with E-state index in [2.05, 4.69) is 9.97 Å². The molecule has 2 rings (SSSR count). The fourth-order valence-corrected chi connectivity index (χ4v) is 2.26. The first kappa shape index (κ1) is 11.4. The van der Waals surface area contributed by atoms with Crippen molar-refractivity contribution in [1.82, 2.24) is 14.5 Å². The Morgan fingerprint density at radius 3 is 3.06 bits per heavy atom. The summed E-state index contributed by atoms with van der Waals surface area (Å²) in [5.41, 5.74) is 1.84. The first-order valence-electron chi connectivity index (χ1n) is 4.90. The van der Waals surface area contributed by atoms with Crippen LogP contribution in [0.1, 0.15) is 0 Å². The molecular formula is C10H13N3O2S. The molecule has 0 aliphatic rings. The highest BCUT2D eigenvalue weighted by atomic mass is 32.2. The maximum atomic E-state index is 9.27. The van der Waals surface area contributed by atoms with Crippen LogP contribution in [0.2, 0.25) is 0 Å². The average Bonchev–Trinajstić information content (AvgIpc) is 2.69. The SMILES string of the molecule is Cn1cnc2c(SCC(O)CO)nccc21. The molecule has 0 amide bonds. The zero-order valence-electron chi connectivity index (χ0n) is 8.87. The number of aliphatic hydroxyl groups is 2. The highest BCUT2D eigenvalue weighted by Gasteiger charge is 2.09. The lowest BCUT2D eigenvalue weighted by molar-refractivity contribution is 0.113. The molecular weight excluding hydrogens is 226 g/mol. The molecule has 2 aromatic heterocycles. The topological polar surface area (TPSA) is 71.2 Å². The molecule has 1 unspecified atom stereocenters. The molecule has 5 nitrogen and oxygen atoms in total. The maximum Gasteiger partial charge on any atom is 0.124 e. The van der Waals surface area contributed by atoms with Gasteiger partial charge in [-0.25, -0.2) is 9.97 Å². The molecule has 0 radical (unpaired) electrons. The molecule has 0 saturated carbocycles. The van der Waals surface area contributed by atoms with Crippen molar-refractivity contribution in [2.45, 2.75) is 11.1 Å². The normalized spacial score (nSPS) is 13.2. The van der Waals surface area contributed by atoms with E-state index in [1.807, 2.05) is 17.7 Å². The number of pyridine rings is 1. The van der Waals surface area contributed by atoms with Crippen LogP contribution >= 0.6 is 11.8 Å². The lowest BCUT2D eigenvalue weighted by Crippen LogP contribution is -2.14. The van der Waals surface area contributed by atoms with E-state index >= 15 is 0 Å². The molecule has 86 valence electrons. The van der Waals surface area contributed by atoms with Gasteiger partial charge >= 0.3 is 0 Å². The fraction of sp³-hybridized carbons (Fsp3) is 0.400. The summed E-state index contributed by atoms with van der Waals surface area (Å²) in [5, 5.41) is 18.8. The number of thioether (sulfide) groups is 1. The number of imidazole rings is 1. The monoisotopic (exact) mass is 239 g/mol. The summed E-state index contributed by atoms with van der Waals surface area (Å²) in [7, 11) is 1.92. The Hall–Kier alpha value is -1.11. The van der Waals surface area contributed by atoms with Crippen LogP contribution in [0.5, 0.6) is 0 Å². The van der Waals surface area contributed by atoms with Crippen LogP contribution in [0, 0.1) is 0 Å². The van der Waals surface area contributed by atoms with Crippen molar-refractivity contribution in [3.05, 3.63) is 18.6 Å². The van der Waals surface area contributed by atoms with Crippen molar-refractivity contribution in [2.24, 2.45) is 7.05 Å². The number of rotatable bonds is 4. The largest absolute Gasteiger partial charge is 0.394 e. The average molecular weight is 239 g/mol. The molecule has 0 fully saturated rings. The van der Waals surface area contributed by atoms with Gasteiger partial charge in [0.2, 0.25) is 0 Å². The van der Waals surface area contributed by atoms with Gasteiger partial charge in [-0.2, -0.15) is 0 Å². The second kappa shape index (κ2) is 4.82. The van der Waals surface area contributed by atoms with Crippen LogP contribution in [-0.4, -0.2) is 43.2 Å². The molecule has 0 aliphatic heterocycles. The Morgan fingerprint density at radius 2 is 2.31 bits per heavy atom. The molecule has 0 bridgehead atoms. The number of aromatic nitrogens is 3. The zero-order valence-corrected chi connectivity index (χ0v) is 9.68. The molecule has 0 aliphatic carbocycles. The van der Waals surface area contributed by atoms with E-state index in [4.69, 9.17) is 5.11 Å². The first-order valence-corrected chi connectivity index (χ1v) is 5.88. The molecule has 0 aromatic carbocycles. The molecule has 2 aromatic rings. The van der Waals surface area contributed by atoms with Gasteiger partial charge in [0.25, 0.3) is 0 Å². The number of hydrogen-bond acceptors (Lipinski definition) is 5. The highest BCUT2D eigenvalue weighted by molar-refractivity contribution is 7.99. The van der Waals surface area contributed by atoms with E-state index < -0.39 is 6.10 Å². The Bertz CT molecular complexity index is 486. The van der Waals surface area contributed by atoms with Crippen LogP contribution in [-0.2, 0) is 7.05 Å². The van der Waals surface area contributed by atoms with Gasteiger partial charge in [-0.05, 0) is 6.07 Å². The van der Waals surface area contributed by atoms with Crippen LogP contribution in [0.3, 0.4) is 0 Å². The van der Waals surface area contributed by atoms with Crippen LogP contribution in [0.4, 0.5) is 0 Å². The van der Waals surface area contributed by atoms with E-state index in [0.29, 0.717) is 5.75 Å². The lowest BCUT2D eigenvalue weighted by atomic mass is 10.4. The number of aryl methyl sites for hydroxylation is 1. The predicted octanol–water partition coefficient (Wildman–Crippen LogP) is 0.414. The van der Waals surface area contributed by atoms with Crippen LogP contribution in [0.15, 0.2) is 23.6 Å². The molecule has 2 N–H and O–H groups in total. The van der Waals surface area contributed by atoms with Gasteiger partial charge in [0.05, 0.1) is 24.6 Å². The fourth-order valence-electron chi connectivity index (χ4n) is 1.37. The van der Waals surface area contributed by atoms with Crippen LogP contribution < -0.4 is 0 Å². The first-order chi connectivity index (χ1) is 7.72. The Kier molecular flexibility index (Phi) is 3.42. The van der Waals surface area contributed by atoms with E-state index in [0.717, 1.165) is 16.1 Å².